The van der Waals surface area contributed by atoms with Crippen molar-refractivity contribution in [3.8, 4) is 5.75 Å². The van der Waals surface area contributed by atoms with Crippen LogP contribution < -0.4 is 10.1 Å². The van der Waals surface area contributed by atoms with Crippen LogP contribution in [0.2, 0.25) is 0 Å². The van der Waals surface area contributed by atoms with Crippen LogP contribution in [0.15, 0.2) is 42.5 Å². The Labute approximate surface area is 127 Å². The van der Waals surface area contributed by atoms with Crippen molar-refractivity contribution >= 4 is 0 Å². The quantitative estimate of drug-likeness (QED) is 0.908. The van der Waals surface area contributed by atoms with Crippen molar-refractivity contribution < 1.29 is 4.74 Å². The number of aryl methyl sites for hydroxylation is 1. The van der Waals surface area contributed by atoms with Gasteiger partial charge in [0, 0.05) is 6.04 Å². The molecule has 1 atom stereocenters. The molecule has 0 aliphatic heterocycles. The molecule has 0 heterocycles. The summed E-state index contributed by atoms with van der Waals surface area (Å²) in [5, 5.41) is 3.41. The molecule has 0 saturated heterocycles. The Bertz CT molecular complexity index is 621. The van der Waals surface area contributed by atoms with E-state index < -0.39 is 0 Å². The van der Waals surface area contributed by atoms with Crippen LogP contribution in [0.25, 0.3) is 0 Å². The lowest BCUT2D eigenvalue weighted by Gasteiger charge is -2.26. The molecular formula is C19H23NO. The molecule has 0 saturated carbocycles. The predicted molar refractivity (Wildman–Crippen MR) is 86.7 cm³/mol. The van der Waals surface area contributed by atoms with E-state index in [4.69, 9.17) is 4.74 Å². The number of hydrogen-bond donors (Lipinski definition) is 1. The van der Waals surface area contributed by atoms with E-state index >= 15 is 0 Å². The molecule has 0 radical (unpaired) electrons. The number of nitrogens with one attached hydrogen (secondary N) is 1. The lowest BCUT2D eigenvalue weighted by atomic mass is 9.87. The Balaban J connectivity index is 1.80. The van der Waals surface area contributed by atoms with Crippen molar-refractivity contribution in [1.29, 1.82) is 0 Å². The van der Waals surface area contributed by atoms with E-state index in [1.807, 2.05) is 7.05 Å². The van der Waals surface area contributed by atoms with E-state index in [9.17, 15) is 0 Å². The monoisotopic (exact) mass is 281 g/mol. The molecule has 110 valence electrons. The number of fused-ring (bicyclic) bond motifs is 1. The summed E-state index contributed by atoms with van der Waals surface area (Å²) in [7, 11) is 2.04. The third-order valence-electron chi connectivity index (χ3n) is 4.29. The zero-order valence-electron chi connectivity index (χ0n) is 12.9. The summed E-state index contributed by atoms with van der Waals surface area (Å²) in [6.07, 6.45) is 3.56. The Morgan fingerprint density at radius 2 is 2.05 bits per heavy atom. The number of ether oxygens (including phenoxy) is 1. The average Bonchev–Trinajstić information content (AvgIpc) is 2.52. The molecule has 1 unspecified atom stereocenters. The van der Waals surface area contributed by atoms with E-state index in [0.717, 1.165) is 12.2 Å². The SMILES string of the molecule is CNC1CCCc2c(OCc3cccc(C)c3)cccc21. The first-order valence-electron chi connectivity index (χ1n) is 7.75. The molecule has 2 aromatic rings. The lowest BCUT2D eigenvalue weighted by Crippen LogP contribution is -2.22. The van der Waals surface area contributed by atoms with Gasteiger partial charge in [-0.15, -0.1) is 0 Å². The Morgan fingerprint density at radius 1 is 1.19 bits per heavy atom. The standard InChI is InChI=1S/C19H23NO/c1-14-6-3-7-15(12-14)13-21-19-11-5-8-16-17(19)9-4-10-18(16)20-2/h3,5-8,11-12,18,20H,4,9-10,13H2,1-2H3. The second-order valence-corrected chi connectivity index (χ2v) is 5.84. The van der Waals surface area contributed by atoms with Crippen LogP contribution in [0.4, 0.5) is 0 Å². The van der Waals surface area contributed by atoms with Crippen molar-refractivity contribution in [3.05, 3.63) is 64.7 Å². The van der Waals surface area contributed by atoms with Gasteiger partial charge in [0.2, 0.25) is 0 Å². The molecule has 1 aliphatic carbocycles. The predicted octanol–water partition coefficient (Wildman–Crippen LogP) is 4.17. The summed E-state index contributed by atoms with van der Waals surface area (Å²) < 4.78 is 6.11. The van der Waals surface area contributed by atoms with Gasteiger partial charge in [-0.05, 0) is 56.0 Å². The van der Waals surface area contributed by atoms with Crippen LogP contribution in [-0.2, 0) is 13.0 Å². The zero-order valence-corrected chi connectivity index (χ0v) is 12.9. The normalized spacial score (nSPS) is 17.3. The third kappa shape index (κ3) is 3.11. The fourth-order valence-corrected chi connectivity index (χ4v) is 3.21. The molecule has 0 aromatic heterocycles. The van der Waals surface area contributed by atoms with Gasteiger partial charge in [-0.2, -0.15) is 0 Å². The van der Waals surface area contributed by atoms with Crippen LogP contribution in [-0.4, -0.2) is 7.05 Å². The van der Waals surface area contributed by atoms with E-state index in [0.29, 0.717) is 12.6 Å². The highest BCUT2D eigenvalue weighted by Crippen LogP contribution is 2.35. The van der Waals surface area contributed by atoms with E-state index in [2.05, 4.69) is 54.7 Å². The summed E-state index contributed by atoms with van der Waals surface area (Å²) in [6.45, 7) is 2.76. The van der Waals surface area contributed by atoms with Gasteiger partial charge in [0.15, 0.2) is 0 Å². The molecule has 2 aromatic carbocycles. The number of rotatable bonds is 4. The molecule has 0 spiro atoms. The van der Waals surface area contributed by atoms with E-state index in [-0.39, 0.29) is 0 Å². The van der Waals surface area contributed by atoms with Gasteiger partial charge in [-0.3, -0.25) is 0 Å². The van der Waals surface area contributed by atoms with Crippen LogP contribution >= 0.6 is 0 Å². The topological polar surface area (TPSA) is 21.3 Å². The first kappa shape index (κ1) is 14.2. The Hall–Kier alpha value is -1.80. The van der Waals surface area contributed by atoms with Crippen molar-refractivity contribution in [2.24, 2.45) is 0 Å². The molecule has 0 amide bonds. The second-order valence-electron chi connectivity index (χ2n) is 5.84. The first-order chi connectivity index (χ1) is 10.3. The minimum absolute atomic E-state index is 0.469. The highest BCUT2D eigenvalue weighted by Gasteiger charge is 2.21. The largest absolute Gasteiger partial charge is 0.489 e. The fourth-order valence-electron chi connectivity index (χ4n) is 3.21. The minimum atomic E-state index is 0.469. The lowest BCUT2D eigenvalue weighted by molar-refractivity contribution is 0.299. The van der Waals surface area contributed by atoms with E-state index in [1.165, 1.54) is 35.1 Å². The molecule has 0 fully saturated rings. The fraction of sp³-hybridized carbons (Fsp3) is 0.368. The molecule has 3 rings (SSSR count). The molecule has 21 heavy (non-hydrogen) atoms. The molecule has 2 heteroatoms. The number of hydrogen-bond acceptors (Lipinski definition) is 2. The van der Waals surface area contributed by atoms with Crippen LogP contribution in [0.1, 0.15) is 41.1 Å². The van der Waals surface area contributed by atoms with Gasteiger partial charge in [-0.25, -0.2) is 0 Å². The van der Waals surface area contributed by atoms with Crippen LogP contribution in [0.5, 0.6) is 5.75 Å². The Morgan fingerprint density at radius 3 is 2.86 bits per heavy atom. The van der Waals surface area contributed by atoms with Crippen LogP contribution in [0, 0.1) is 6.92 Å². The summed E-state index contributed by atoms with van der Waals surface area (Å²) >= 11 is 0. The Kier molecular flexibility index (Phi) is 4.26. The number of benzene rings is 2. The van der Waals surface area contributed by atoms with Crippen molar-refractivity contribution in [2.45, 2.75) is 38.8 Å². The van der Waals surface area contributed by atoms with Crippen molar-refractivity contribution in [2.75, 3.05) is 7.05 Å². The first-order valence-corrected chi connectivity index (χ1v) is 7.75. The molecule has 1 aliphatic rings. The average molecular weight is 281 g/mol. The van der Waals surface area contributed by atoms with E-state index in [1.54, 1.807) is 0 Å². The maximum Gasteiger partial charge on any atom is 0.123 e. The minimum Gasteiger partial charge on any atom is -0.489 e. The molecule has 0 bridgehead atoms. The second kappa shape index (κ2) is 6.31. The van der Waals surface area contributed by atoms with Gasteiger partial charge < -0.3 is 10.1 Å². The van der Waals surface area contributed by atoms with Gasteiger partial charge in [0.1, 0.15) is 12.4 Å². The highest BCUT2D eigenvalue weighted by atomic mass is 16.5. The summed E-state index contributed by atoms with van der Waals surface area (Å²) in [5.74, 6) is 1.05. The summed E-state index contributed by atoms with van der Waals surface area (Å²) in [4.78, 5) is 0. The van der Waals surface area contributed by atoms with Gasteiger partial charge in [0.25, 0.3) is 0 Å². The van der Waals surface area contributed by atoms with Gasteiger partial charge in [-0.1, -0.05) is 42.0 Å². The molecular weight excluding hydrogens is 258 g/mol. The van der Waals surface area contributed by atoms with Gasteiger partial charge in [0.05, 0.1) is 0 Å². The highest BCUT2D eigenvalue weighted by molar-refractivity contribution is 5.43. The van der Waals surface area contributed by atoms with Crippen molar-refractivity contribution in [1.82, 2.24) is 5.32 Å². The van der Waals surface area contributed by atoms with Gasteiger partial charge >= 0.3 is 0 Å². The van der Waals surface area contributed by atoms with Crippen LogP contribution in [0.3, 0.4) is 0 Å². The maximum absolute atomic E-state index is 6.11. The summed E-state index contributed by atoms with van der Waals surface area (Å²) in [5.41, 5.74) is 5.30. The van der Waals surface area contributed by atoms with Crippen molar-refractivity contribution in [3.63, 3.8) is 0 Å². The maximum atomic E-state index is 6.11. The molecule has 2 nitrogen and oxygen atoms in total. The smallest absolute Gasteiger partial charge is 0.123 e. The molecule has 1 N–H and O–H groups in total. The third-order valence-corrected chi connectivity index (χ3v) is 4.29. The zero-order chi connectivity index (χ0) is 14.7. The summed E-state index contributed by atoms with van der Waals surface area (Å²) in [6, 6.07) is 15.4.